The van der Waals surface area contributed by atoms with E-state index in [0.29, 0.717) is 0 Å². The number of aromatic nitrogens is 1. The molecular formula is C17H13ClF3N3O3S. The number of sulfonamides is 1. The quantitative estimate of drug-likeness (QED) is 0.590. The van der Waals surface area contributed by atoms with E-state index in [4.69, 9.17) is 16.0 Å². The SMILES string of the molecule is CC(Nc1cc(F)c(S(=O)(=O)Nc2ncco2)cc1Cl)c1cc(F)ccc1F. The van der Waals surface area contributed by atoms with Crippen molar-refractivity contribution in [1.82, 2.24) is 4.98 Å². The lowest BCUT2D eigenvalue weighted by Gasteiger charge is -2.18. The summed E-state index contributed by atoms with van der Waals surface area (Å²) in [5.41, 5.74) is 0.00383. The van der Waals surface area contributed by atoms with Gasteiger partial charge in [0.2, 0.25) is 0 Å². The molecule has 0 aliphatic rings. The summed E-state index contributed by atoms with van der Waals surface area (Å²) in [4.78, 5) is 2.86. The van der Waals surface area contributed by atoms with Gasteiger partial charge in [-0.15, -0.1) is 0 Å². The molecule has 0 aliphatic carbocycles. The Bertz CT molecular complexity index is 1110. The Kier molecular flexibility index (Phi) is 5.52. The van der Waals surface area contributed by atoms with Crippen molar-refractivity contribution in [3.63, 3.8) is 0 Å². The Hall–Kier alpha value is -2.72. The fraction of sp³-hybridized carbons (Fsp3) is 0.118. The zero-order valence-corrected chi connectivity index (χ0v) is 15.8. The molecule has 0 radical (unpaired) electrons. The highest BCUT2D eigenvalue weighted by molar-refractivity contribution is 7.92. The number of nitrogens with one attached hydrogen (secondary N) is 2. The maximum absolute atomic E-state index is 14.4. The topological polar surface area (TPSA) is 84.2 Å². The van der Waals surface area contributed by atoms with E-state index in [1.807, 2.05) is 4.72 Å². The van der Waals surface area contributed by atoms with Gasteiger partial charge in [-0.2, -0.15) is 0 Å². The van der Waals surface area contributed by atoms with Gasteiger partial charge in [0.05, 0.1) is 22.9 Å². The molecule has 6 nitrogen and oxygen atoms in total. The Labute approximate surface area is 163 Å². The number of benzene rings is 2. The summed E-state index contributed by atoms with van der Waals surface area (Å²) in [5, 5.41) is 2.59. The van der Waals surface area contributed by atoms with Crippen LogP contribution < -0.4 is 10.0 Å². The zero-order chi connectivity index (χ0) is 20.5. The second kappa shape index (κ2) is 7.72. The van der Waals surface area contributed by atoms with Gasteiger partial charge in [0.15, 0.2) is 0 Å². The molecular weight excluding hydrogens is 419 g/mol. The molecule has 1 atom stereocenters. The summed E-state index contributed by atoms with van der Waals surface area (Å²) in [7, 11) is -4.35. The first-order chi connectivity index (χ1) is 13.2. The van der Waals surface area contributed by atoms with E-state index in [9.17, 15) is 21.6 Å². The fourth-order valence-electron chi connectivity index (χ4n) is 2.45. The first-order valence-corrected chi connectivity index (χ1v) is 9.66. The molecule has 1 heterocycles. The third kappa shape index (κ3) is 4.23. The number of hydrogen-bond donors (Lipinski definition) is 2. The van der Waals surface area contributed by atoms with Gasteiger partial charge in [-0.25, -0.2) is 31.3 Å². The van der Waals surface area contributed by atoms with Crippen LogP contribution in [-0.2, 0) is 10.0 Å². The van der Waals surface area contributed by atoms with Crippen LogP contribution in [0.1, 0.15) is 18.5 Å². The van der Waals surface area contributed by atoms with Crippen molar-refractivity contribution in [3.8, 4) is 0 Å². The fourth-order valence-corrected chi connectivity index (χ4v) is 3.76. The zero-order valence-electron chi connectivity index (χ0n) is 14.2. The maximum atomic E-state index is 14.4. The first-order valence-electron chi connectivity index (χ1n) is 7.80. The van der Waals surface area contributed by atoms with E-state index in [1.165, 1.54) is 13.1 Å². The van der Waals surface area contributed by atoms with E-state index < -0.39 is 38.4 Å². The molecule has 0 amide bonds. The molecule has 2 N–H and O–H groups in total. The lowest BCUT2D eigenvalue weighted by atomic mass is 10.1. The van der Waals surface area contributed by atoms with Crippen molar-refractivity contribution in [2.75, 3.05) is 10.0 Å². The van der Waals surface area contributed by atoms with Crippen LogP contribution in [0.25, 0.3) is 0 Å². The highest BCUT2D eigenvalue weighted by Gasteiger charge is 2.24. The molecule has 1 aromatic heterocycles. The van der Waals surface area contributed by atoms with Gasteiger partial charge >= 0.3 is 6.01 Å². The molecule has 0 saturated heterocycles. The van der Waals surface area contributed by atoms with E-state index in [1.54, 1.807) is 0 Å². The summed E-state index contributed by atoms with van der Waals surface area (Å²) in [5.74, 6) is -2.41. The van der Waals surface area contributed by atoms with Crippen LogP contribution >= 0.6 is 11.6 Å². The van der Waals surface area contributed by atoms with E-state index in [-0.39, 0.29) is 22.3 Å². The Morgan fingerprint density at radius 2 is 1.89 bits per heavy atom. The molecule has 0 saturated carbocycles. The first kappa shape index (κ1) is 20.0. The lowest BCUT2D eigenvalue weighted by Crippen LogP contribution is -2.16. The van der Waals surface area contributed by atoms with Crippen LogP contribution in [-0.4, -0.2) is 13.4 Å². The van der Waals surface area contributed by atoms with Crippen LogP contribution in [0.3, 0.4) is 0 Å². The molecule has 3 rings (SSSR count). The average molecular weight is 432 g/mol. The summed E-state index contributed by atoms with van der Waals surface area (Å²) >= 11 is 6.06. The number of hydrogen-bond acceptors (Lipinski definition) is 5. The lowest BCUT2D eigenvalue weighted by molar-refractivity contribution is 0.559. The second-order valence-electron chi connectivity index (χ2n) is 5.74. The van der Waals surface area contributed by atoms with E-state index in [2.05, 4.69) is 10.3 Å². The number of halogens is 4. The minimum Gasteiger partial charge on any atom is -0.432 e. The molecule has 28 heavy (non-hydrogen) atoms. The molecule has 2 aromatic carbocycles. The summed E-state index contributed by atoms with van der Waals surface area (Å²) in [6.45, 7) is 1.51. The van der Waals surface area contributed by atoms with E-state index >= 15 is 0 Å². The van der Waals surface area contributed by atoms with Gasteiger partial charge in [0.1, 0.15) is 28.6 Å². The number of nitrogens with zero attached hydrogens (tertiary/aromatic N) is 1. The summed E-state index contributed by atoms with van der Waals surface area (Å²) in [6, 6.07) is 3.55. The Morgan fingerprint density at radius 3 is 2.57 bits per heavy atom. The predicted octanol–water partition coefficient (Wildman–Crippen LogP) is 4.72. The molecule has 0 spiro atoms. The smallest absolute Gasteiger partial charge is 0.308 e. The number of anilines is 2. The van der Waals surface area contributed by atoms with Crippen molar-refractivity contribution in [3.05, 3.63) is 70.8 Å². The average Bonchev–Trinajstić information content (AvgIpc) is 3.11. The largest absolute Gasteiger partial charge is 0.432 e. The minimum atomic E-state index is -4.35. The summed E-state index contributed by atoms with van der Waals surface area (Å²) < 4.78 is 73.0. The van der Waals surface area contributed by atoms with Gasteiger partial charge in [0, 0.05) is 5.56 Å². The number of oxazole rings is 1. The van der Waals surface area contributed by atoms with Crippen molar-refractivity contribution in [2.45, 2.75) is 17.9 Å². The van der Waals surface area contributed by atoms with Crippen molar-refractivity contribution < 1.29 is 26.0 Å². The molecule has 11 heteroatoms. The normalized spacial score (nSPS) is 12.6. The van der Waals surface area contributed by atoms with Crippen molar-refractivity contribution in [2.24, 2.45) is 0 Å². The molecule has 0 bridgehead atoms. The third-order valence-corrected chi connectivity index (χ3v) is 5.41. The van der Waals surface area contributed by atoms with Crippen molar-refractivity contribution in [1.29, 1.82) is 0 Å². The standard InChI is InChI=1S/C17H13ClF3N3O3S/c1-9(11-6-10(19)2-3-13(11)20)23-15-8-14(21)16(7-12(15)18)28(25,26)24-17-22-4-5-27-17/h2-9,23H,1H3,(H,22,24). The van der Waals surface area contributed by atoms with Crippen LogP contribution in [0.4, 0.5) is 24.9 Å². The van der Waals surface area contributed by atoms with Crippen LogP contribution in [0.15, 0.2) is 52.1 Å². The van der Waals surface area contributed by atoms with Gasteiger partial charge in [-0.3, -0.25) is 0 Å². The summed E-state index contributed by atoms with van der Waals surface area (Å²) in [6.07, 6.45) is 2.35. The molecule has 3 aromatic rings. The second-order valence-corrected chi connectivity index (χ2v) is 7.80. The van der Waals surface area contributed by atoms with Gasteiger partial charge in [-0.05, 0) is 37.3 Å². The van der Waals surface area contributed by atoms with Gasteiger partial charge < -0.3 is 9.73 Å². The highest BCUT2D eigenvalue weighted by Crippen LogP contribution is 2.32. The Balaban J connectivity index is 1.88. The van der Waals surface area contributed by atoms with Crippen LogP contribution in [0.5, 0.6) is 0 Å². The third-order valence-electron chi connectivity index (χ3n) is 3.76. The van der Waals surface area contributed by atoms with Gasteiger partial charge in [-0.1, -0.05) is 11.6 Å². The number of rotatable bonds is 6. The predicted molar refractivity (Wildman–Crippen MR) is 97.1 cm³/mol. The molecule has 0 fully saturated rings. The van der Waals surface area contributed by atoms with Crippen LogP contribution in [0, 0.1) is 17.5 Å². The molecule has 1 unspecified atom stereocenters. The maximum Gasteiger partial charge on any atom is 0.308 e. The van der Waals surface area contributed by atoms with Crippen LogP contribution in [0.2, 0.25) is 5.02 Å². The molecule has 148 valence electrons. The monoisotopic (exact) mass is 431 g/mol. The highest BCUT2D eigenvalue weighted by atomic mass is 35.5. The van der Waals surface area contributed by atoms with E-state index in [0.717, 1.165) is 36.6 Å². The van der Waals surface area contributed by atoms with Gasteiger partial charge in [0.25, 0.3) is 10.0 Å². The minimum absolute atomic E-state index is 0.00117. The molecule has 0 aliphatic heterocycles. The van der Waals surface area contributed by atoms with Crippen molar-refractivity contribution >= 4 is 33.3 Å². The Morgan fingerprint density at radius 1 is 1.14 bits per heavy atom.